The van der Waals surface area contributed by atoms with Gasteiger partial charge in [0.25, 0.3) is 0 Å². The van der Waals surface area contributed by atoms with Gasteiger partial charge in [0.05, 0.1) is 25.4 Å². The number of ether oxygens (including phenoxy) is 4. The van der Waals surface area contributed by atoms with Gasteiger partial charge < -0.3 is 34.3 Å². The number of aromatic hydroxyl groups is 3. The second-order valence-electron chi connectivity index (χ2n) is 13.7. The second-order valence-corrected chi connectivity index (χ2v) is 13.7. The average molecular weight is 595 g/mol. The lowest BCUT2D eigenvalue weighted by Crippen LogP contribution is -2.34. The highest BCUT2D eigenvalue weighted by atomic mass is 16.6. The second kappa shape index (κ2) is 12.1. The van der Waals surface area contributed by atoms with Gasteiger partial charge in [-0.05, 0) is 110 Å². The highest BCUT2D eigenvalue weighted by Gasteiger charge is 2.52. The first-order valence-corrected chi connectivity index (χ1v) is 16.1. The summed E-state index contributed by atoms with van der Waals surface area (Å²) < 4.78 is 23.8. The Morgan fingerprint density at radius 1 is 0.930 bits per heavy atom. The van der Waals surface area contributed by atoms with Gasteiger partial charge >= 0.3 is 5.97 Å². The fourth-order valence-corrected chi connectivity index (χ4v) is 8.67. The summed E-state index contributed by atoms with van der Waals surface area (Å²) >= 11 is 0. The third-order valence-corrected chi connectivity index (χ3v) is 10.7. The van der Waals surface area contributed by atoms with Gasteiger partial charge in [-0.25, -0.2) is 0 Å². The third kappa shape index (κ3) is 6.54. The molecule has 1 aliphatic heterocycles. The highest BCUT2D eigenvalue weighted by molar-refractivity contribution is 5.66. The van der Waals surface area contributed by atoms with Crippen LogP contribution in [-0.2, 0) is 20.7 Å². The third-order valence-electron chi connectivity index (χ3n) is 10.7. The lowest BCUT2D eigenvalue weighted by atomic mass is 9.77. The van der Waals surface area contributed by atoms with Crippen LogP contribution in [0.25, 0.3) is 0 Å². The van der Waals surface area contributed by atoms with E-state index < -0.39 is 6.10 Å². The van der Waals surface area contributed by atoms with Gasteiger partial charge in [0.2, 0.25) is 5.75 Å². The molecule has 6 rings (SSSR count). The molecule has 0 aromatic heterocycles. The van der Waals surface area contributed by atoms with E-state index >= 15 is 0 Å². The molecule has 1 saturated heterocycles. The number of phenolic OH excluding ortho intramolecular Hbond substituents is 3. The minimum atomic E-state index is -0.446. The predicted octanol–water partition coefficient (Wildman–Crippen LogP) is 7.26. The molecule has 234 valence electrons. The zero-order valence-corrected chi connectivity index (χ0v) is 25.5. The van der Waals surface area contributed by atoms with Crippen molar-refractivity contribution in [3.8, 4) is 28.7 Å². The number of hydrogen-bond acceptors (Lipinski definition) is 8. The van der Waals surface area contributed by atoms with Crippen LogP contribution in [-0.4, -0.2) is 46.7 Å². The summed E-state index contributed by atoms with van der Waals surface area (Å²) in [5.41, 5.74) is 2.59. The van der Waals surface area contributed by atoms with E-state index in [1.54, 1.807) is 12.1 Å². The van der Waals surface area contributed by atoms with Crippen LogP contribution in [0.3, 0.4) is 0 Å². The fourth-order valence-electron chi connectivity index (χ4n) is 8.67. The van der Waals surface area contributed by atoms with E-state index in [4.69, 9.17) is 18.9 Å². The fraction of sp³-hybridized carbons (Fsp3) is 0.629. The van der Waals surface area contributed by atoms with Gasteiger partial charge in [0, 0.05) is 19.8 Å². The zero-order valence-electron chi connectivity index (χ0n) is 25.5. The maximum Gasteiger partial charge on any atom is 0.302 e. The van der Waals surface area contributed by atoms with E-state index in [0.717, 1.165) is 24.8 Å². The number of aryl methyl sites for hydroxylation is 1. The Balaban J connectivity index is 1.15. The molecule has 1 heterocycles. The number of methoxy groups -OCH3 is 1. The molecule has 8 nitrogen and oxygen atoms in total. The van der Waals surface area contributed by atoms with E-state index in [1.807, 2.05) is 12.1 Å². The summed E-state index contributed by atoms with van der Waals surface area (Å²) in [4.78, 5) is 11.9. The summed E-state index contributed by atoms with van der Waals surface area (Å²) in [6.07, 6.45) is 13.9. The Hall–Kier alpha value is -3.13. The lowest BCUT2D eigenvalue weighted by Gasteiger charge is -2.35. The lowest BCUT2D eigenvalue weighted by molar-refractivity contribution is -0.160. The summed E-state index contributed by atoms with van der Waals surface area (Å²) in [6, 6.07) is 8.60. The topological polar surface area (TPSA) is 115 Å². The minimum Gasteiger partial charge on any atom is -0.504 e. The largest absolute Gasteiger partial charge is 0.504 e. The number of hydrogen-bond donors (Lipinski definition) is 3. The van der Waals surface area contributed by atoms with E-state index in [0.29, 0.717) is 47.8 Å². The van der Waals surface area contributed by atoms with Crippen molar-refractivity contribution in [1.82, 2.24) is 0 Å². The van der Waals surface area contributed by atoms with Crippen molar-refractivity contribution < 1.29 is 39.1 Å². The quantitative estimate of drug-likeness (QED) is 0.216. The van der Waals surface area contributed by atoms with Crippen molar-refractivity contribution in [1.29, 1.82) is 0 Å². The summed E-state index contributed by atoms with van der Waals surface area (Å²) in [5, 5.41) is 31.5. The molecule has 3 N–H and O–H groups in total. The van der Waals surface area contributed by atoms with E-state index in [9.17, 15) is 20.1 Å². The van der Waals surface area contributed by atoms with Crippen molar-refractivity contribution in [2.24, 2.45) is 10.8 Å². The standard InChI is InChI=1S/C35H46O8/c1-22(36)41-27-18-25(7-5-23-6-8-28(37)31(15-23)40-2)42-30(19-27)24-16-29(38)33(39)32(17-24)43-26-9-12-35(20-26)14-13-34(21-35)10-3-4-11-34/h6,8,15-17,25-27,30,37-39H,3-5,7,9-14,18-21H2,1-2H3/t25-,26-,27-,30-,35+/m0/s1. The molecule has 0 unspecified atom stereocenters. The van der Waals surface area contributed by atoms with Crippen molar-refractivity contribution in [2.75, 3.05) is 7.11 Å². The first-order chi connectivity index (χ1) is 20.6. The Labute approximate surface area is 254 Å². The van der Waals surface area contributed by atoms with Gasteiger partial charge in [-0.2, -0.15) is 0 Å². The summed E-state index contributed by atoms with van der Waals surface area (Å²) in [7, 11) is 1.52. The van der Waals surface area contributed by atoms with Crippen LogP contribution < -0.4 is 9.47 Å². The number of carbonyl (C=O) groups is 1. The van der Waals surface area contributed by atoms with E-state index in [2.05, 4.69) is 0 Å². The van der Waals surface area contributed by atoms with Gasteiger partial charge in [-0.3, -0.25) is 4.79 Å². The molecule has 8 heteroatoms. The molecule has 3 aliphatic carbocycles. The molecule has 0 radical (unpaired) electrons. The molecule has 2 aromatic rings. The van der Waals surface area contributed by atoms with Crippen LogP contribution in [0.15, 0.2) is 30.3 Å². The van der Waals surface area contributed by atoms with Crippen LogP contribution in [0.1, 0.15) is 108 Å². The normalized spacial score (nSPS) is 29.7. The number of benzene rings is 2. The van der Waals surface area contributed by atoms with Crippen LogP contribution in [0, 0.1) is 10.8 Å². The molecular weight excluding hydrogens is 548 g/mol. The smallest absolute Gasteiger partial charge is 0.302 e. The molecule has 3 saturated carbocycles. The first-order valence-electron chi connectivity index (χ1n) is 16.1. The maximum absolute atomic E-state index is 11.9. The molecule has 43 heavy (non-hydrogen) atoms. The molecular formula is C35H46O8. The monoisotopic (exact) mass is 594 g/mol. The Kier molecular flexibility index (Phi) is 8.42. The summed E-state index contributed by atoms with van der Waals surface area (Å²) in [5.74, 6) is -0.0215. The Morgan fingerprint density at radius 2 is 1.72 bits per heavy atom. The van der Waals surface area contributed by atoms with E-state index in [-0.39, 0.29) is 47.3 Å². The number of rotatable bonds is 8. The average Bonchev–Trinajstić information content (AvgIpc) is 3.70. The van der Waals surface area contributed by atoms with E-state index in [1.165, 1.54) is 65.0 Å². The zero-order chi connectivity index (χ0) is 30.2. The molecule has 5 atom stereocenters. The van der Waals surface area contributed by atoms with Crippen LogP contribution in [0.4, 0.5) is 0 Å². The highest BCUT2D eigenvalue weighted by Crippen LogP contribution is 2.63. The van der Waals surface area contributed by atoms with Gasteiger partial charge in [-0.15, -0.1) is 0 Å². The van der Waals surface area contributed by atoms with Gasteiger partial charge in [0.1, 0.15) is 6.10 Å². The molecule has 0 amide bonds. The van der Waals surface area contributed by atoms with Crippen LogP contribution in [0.5, 0.6) is 28.7 Å². The maximum atomic E-state index is 11.9. The molecule has 0 bridgehead atoms. The van der Waals surface area contributed by atoms with Crippen molar-refractivity contribution in [3.05, 3.63) is 41.5 Å². The number of phenols is 3. The first kappa shape index (κ1) is 29.9. The number of carbonyl (C=O) groups excluding carboxylic acids is 1. The SMILES string of the molecule is COc1cc(CC[C@H]2C[C@H](OC(C)=O)C[C@@H](c3cc(O)c(O)c(O[C@H]4CC[C@@]5(CCC6(CCCC6)C5)C4)c3)O2)ccc1O. The van der Waals surface area contributed by atoms with Gasteiger partial charge in [0.15, 0.2) is 23.0 Å². The Morgan fingerprint density at radius 3 is 2.49 bits per heavy atom. The number of esters is 1. The van der Waals surface area contributed by atoms with Crippen LogP contribution >= 0.6 is 0 Å². The van der Waals surface area contributed by atoms with Crippen molar-refractivity contribution >= 4 is 5.97 Å². The predicted molar refractivity (Wildman–Crippen MR) is 161 cm³/mol. The molecule has 4 fully saturated rings. The Bertz CT molecular complexity index is 1320. The summed E-state index contributed by atoms with van der Waals surface area (Å²) in [6.45, 7) is 1.41. The molecule has 2 spiro atoms. The van der Waals surface area contributed by atoms with Crippen molar-refractivity contribution in [3.63, 3.8) is 0 Å². The van der Waals surface area contributed by atoms with Crippen LogP contribution in [0.2, 0.25) is 0 Å². The molecule has 4 aliphatic rings. The van der Waals surface area contributed by atoms with Crippen molar-refractivity contribution in [2.45, 2.75) is 121 Å². The minimum absolute atomic E-state index is 0.00761. The molecule has 2 aromatic carbocycles. The van der Waals surface area contributed by atoms with Gasteiger partial charge in [-0.1, -0.05) is 18.9 Å².